The molecule has 0 saturated heterocycles. The van der Waals surface area contributed by atoms with Gasteiger partial charge in [0.15, 0.2) is 11.8 Å². The first-order chi connectivity index (χ1) is 10.0. The summed E-state index contributed by atoms with van der Waals surface area (Å²) in [4.78, 5) is 13.2. The van der Waals surface area contributed by atoms with Gasteiger partial charge in [-0.15, -0.1) is 0 Å². The third-order valence-electron chi connectivity index (χ3n) is 3.24. The van der Waals surface area contributed by atoms with Gasteiger partial charge in [-0.25, -0.2) is 4.39 Å². The van der Waals surface area contributed by atoms with E-state index in [-0.39, 0.29) is 16.6 Å². The minimum absolute atomic E-state index is 0.0606. The van der Waals surface area contributed by atoms with Crippen molar-refractivity contribution < 1.29 is 18.5 Å². The lowest BCUT2D eigenvalue weighted by molar-refractivity contribution is -0.891. The van der Waals surface area contributed by atoms with Gasteiger partial charge in [0, 0.05) is 0 Å². The molecule has 1 aromatic carbocycles. The van der Waals surface area contributed by atoms with Gasteiger partial charge in [0.1, 0.15) is 5.82 Å². The Labute approximate surface area is 127 Å². The maximum atomic E-state index is 13.7. The van der Waals surface area contributed by atoms with Crippen molar-refractivity contribution in [3.05, 3.63) is 58.8 Å². The minimum Gasteiger partial charge on any atom is -0.463 e. The van der Waals surface area contributed by atoms with E-state index in [1.807, 2.05) is 20.2 Å². The van der Waals surface area contributed by atoms with Crippen molar-refractivity contribution in [2.75, 3.05) is 20.6 Å². The first-order valence-electron chi connectivity index (χ1n) is 6.56. The fourth-order valence-corrected chi connectivity index (χ4v) is 2.33. The van der Waals surface area contributed by atoms with Gasteiger partial charge in [-0.1, -0.05) is 17.7 Å². The third kappa shape index (κ3) is 3.62. The van der Waals surface area contributed by atoms with Crippen molar-refractivity contribution in [1.82, 2.24) is 5.32 Å². The molecule has 0 unspecified atom stereocenters. The second-order valence-electron chi connectivity index (χ2n) is 4.95. The summed E-state index contributed by atoms with van der Waals surface area (Å²) in [6.45, 7) is 0.319. The first-order valence-corrected chi connectivity index (χ1v) is 6.94. The van der Waals surface area contributed by atoms with Gasteiger partial charge in [-0.3, -0.25) is 4.79 Å². The zero-order valence-corrected chi connectivity index (χ0v) is 12.6. The average Bonchev–Trinajstić information content (AvgIpc) is 2.92. The number of carbonyl (C=O) groups excluding carboxylic acids is 1. The van der Waals surface area contributed by atoms with Crippen LogP contribution < -0.4 is 10.2 Å². The maximum Gasteiger partial charge on any atom is 0.256 e. The zero-order chi connectivity index (χ0) is 15.4. The number of furan rings is 1. The van der Waals surface area contributed by atoms with Gasteiger partial charge in [0.2, 0.25) is 0 Å². The van der Waals surface area contributed by atoms with E-state index in [0.717, 1.165) is 10.7 Å². The highest BCUT2D eigenvalue weighted by atomic mass is 35.5. The summed E-state index contributed by atoms with van der Waals surface area (Å²) >= 11 is 5.88. The maximum absolute atomic E-state index is 13.7. The van der Waals surface area contributed by atoms with Crippen LogP contribution in [0.5, 0.6) is 0 Å². The van der Waals surface area contributed by atoms with Crippen molar-refractivity contribution in [3.8, 4) is 0 Å². The van der Waals surface area contributed by atoms with E-state index < -0.39 is 11.7 Å². The molecular weight excluding hydrogens is 295 g/mol. The monoisotopic (exact) mass is 311 g/mol. The summed E-state index contributed by atoms with van der Waals surface area (Å²) in [7, 11) is 3.91. The van der Waals surface area contributed by atoms with Crippen LogP contribution in [0.4, 0.5) is 4.39 Å². The van der Waals surface area contributed by atoms with Gasteiger partial charge in [-0.2, -0.15) is 0 Å². The molecule has 1 heterocycles. The number of amides is 1. The van der Waals surface area contributed by atoms with E-state index in [1.165, 1.54) is 18.2 Å². The molecule has 1 aromatic heterocycles. The lowest BCUT2D eigenvalue weighted by Crippen LogP contribution is -3.07. The van der Waals surface area contributed by atoms with Crippen molar-refractivity contribution in [2.24, 2.45) is 0 Å². The summed E-state index contributed by atoms with van der Waals surface area (Å²) in [5.74, 6) is -0.405. The number of carbonyl (C=O) groups is 1. The van der Waals surface area contributed by atoms with E-state index in [4.69, 9.17) is 16.0 Å². The molecule has 0 saturated carbocycles. The van der Waals surface area contributed by atoms with E-state index in [2.05, 4.69) is 5.32 Å². The lowest BCUT2D eigenvalue weighted by atomic mass is 10.1. The van der Waals surface area contributed by atoms with Gasteiger partial charge >= 0.3 is 0 Å². The van der Waals surface area contributed by atoms with Crippen LogP contribution in [0, 0.1) is 5.82 Å². The molecule has 0 fully saturated rings. The minimum atomic E-state index is -0.633. The Bertz CT molecular complexity index is 594. The van der Waals surface area contributed by atoms with Crippen molar-refractivity contribution >= 4 is 17.5 Å². The summed E-state index contributed by atoms with van der Waals surface area (Å²) in [6.07, 6.45) is 1.58. The normalized spacial score (nSPS) is 12.4. The number of rotatable bonds is 5. The molecule has 1 atom stereocenters. The number of benzene rings is 1. The quantitative estimate of drug-likeness (QED) is 0.883. The van der Waals surface area contributed by atoms with Crippen molar-refractivity contribution in [2.45, 2.75) is 6.04 Å². The molecule has 112 valence electrons. The predicted octanol–water partition coefficient (Wildman–Crippen LogP) is 1.69. The number of nitrogens with one attached hydrogen (secondary N) is 2. The Hall–Kier alpha value is -1.85. The van der Waals surface area contributed by atoms with Gasteiger partial charge < -0.3 is 14.6 Å². The highest BCUT2D eigenvalue weighted by molar-refractivity contribution is 6.33. The lowest BCUT2D eigenvalue weighted by Gasteiger charge is -2.20. The zero-order valence-electron chi connectivity index (χ0n) is 11.8. The Morgan fingerprint density at radius 3 is 2.71 bits per heavy atom. The molecular formula is C15H17ClFN2O2+. The molecule has 1 amide bonds. The second kappa shape index (κ2) is 6.74. The van der Waals surface area contributed by atoms with E-state index in [0.29, 0.717) is 6.54 Å². The average molecular weight is 312 g/mol. The fourth-order valence-electron chi connectivity index (χ4n) is 2.08. The summed E-state index contributed by atoms with van der Waals surface area (Å²) in [5, 5.41) is 2.80. The van der Waals surface area contributed by atoms with Gasteiger partial charge in [-0.05, 0) is 24.3 Å². The molecule has 0 radical (unpaired) electrons. The Morgan fingerprint density at radius 1 is 1.38 bits per heavy atom. The second-order valence-corrected chi connectivity index (χ2v) is 5.36. The molecule has 0 aliphatic rings. The van der Waals surface area contributed by atoms with Crippen LogP contribution in [-0.2, 0) is 0 Å². The van der Waals surface area contributed by atoms with Crippen LogP contribution >= 0.6 is 11.6 Å². The molecule has 6 heteroatoms. The van der Waals surface area contributed by atoms with Crippen LogP contribution in [0.2, 0.25) is 5.02 Å². The Kier molecular flexibility index (Phi) is 4.98. The molecule has 0 spiro atoms. The number of hydrogen-bond donors (Lipinski definition) is 2. The SMILES string of the molecule is C[NH+](C)[C@H](CNC(=O)c1c(F)cccc1Cl)c1ccco1. The van der Waals surface area contributed by atoms with Crippen molar-refractivity contribution in [1.29, 1.82) is 0 Å². The number of quaternary nitrogens is 1. The van der Waals surface area contributed by atoms with E-state index in [1.54, 1.807) is 12.3 Å². The summed E-state index contributed by atoms with van der Waals surface area (Å²) in [6, 6.07) is 7.74. The fraction of sp³-hybridized carbons (Fsp3) is 0.267. The van der Waals surface area contributed by atoms with Crippen LogP contribution in [0.1, 0.15) is 22.2 Å². The molecule has 21 heavy (non-hydrogen) atoms. The highest BCUT2D eigenvalue weighted by Crippen LogP contribution is 2.19. The molecule has 0 aliphatic heterocycles. The number of likely N-dealkylation sites (N-methyl/N-ethyl adjacent to an activating group) is 1. The van der Waals surface area contributed by atoms with Crippen LogP contribution in [0.3, 0.4) is 0 Å². The van der Waals surface area contributed by atoms with E-state index >= 15 is 0 Å². The molecule has 4 nitrogen and oxygen atoms in total. The standard InChI is InChI=1S/C15H16ClFN2O2/c1-19(2)12(13-7-4-8-21-13)9-18-15(20)14-10(16)5-3-6-11(14)17/h3-8,12H,9H2,1-2H3,(H,18,20)/p+1/t12-/m1/s1. The molecule has 2 N–H and O–H groups in total. The van der Waals surface area contributed by atoms with Crippen LogP contribution in [0.15, 0.2) is 41.0 Å². The van der Waals surface area contributed by atoms with E-state index in [9.17, 15) is 9.18 Å². The number of hydrogen-bond acceptors (Lipinski definition) is 2. The van der Waals surface area contributed by atoms with Gasteiger partial charge in [0.05, 0.1) is 37.5 Å². The Morgan fingerprint density at radius 2 is 2.14 bits per heavy atom. The van der Waals surface area contributed by atoms with Crippen LogP contribution in [0.25, 0.3) is 0 Å². The van der Waals surface area contributed by atoms with Crippen molar-refractivity contribution in [3.63, 3.8) is 0 Å². The molecule has 2 aromatic rings. The molecule has 2 rings (SSSR count). The third-order valence-corrected chi connectivity index (χ3v) is 3.56. The summed E-state index contributed by atoms with van der Waals surface area (Å²) < 4.78 is 19.1. The number of halogens is 2. The van der Waals surface area contributed by atoms with Crippen LogP contribution in [-0.4, -0.2) is 26.5 Å². The first kappa shape index (κ1) is 15.5. The largest absolute Gasteiger partial charge is 0.463 e. The van der Waals surface area contributed by atoms with Gasteiger partial charge in [0.25, 0.3) is 5.91 Å². The predicted molar refractivity (Wildman–Crippen MR) is 78.0 cm³/mol. The molecule has 0 aliphatic carbocycles. The molecule has 0 bridgehead atoms. The highest BCUT2D eigenvalue weighted by Gasteiger charge is 2.23. The smallest absolute Gasteiger partial charge is 0.256 e. The summed E-state index contributed by atoms with van der Waals surface area (Å²) in [5.41, 5.74) is -0.133. The Balaban J connectivity index is 2.09. The topological polar surface area (TPSA) is 46.7 Å².